The van der Waals surface area contributed by atoms with Gasteiger partial charge in [0.1, 0.15) is 11.5 Å². The SMILES string of the molecule is CN(C)S(=O)(=O)Nc1ccc(F)c(N)c1F. The van der Waals surface area contributed by atoms with E-state index in [2.05, 4.69) is 0 Å². The highest BCUT2D eigenvalue weighted by molar-refractivity contribution is 7.90. The number of halogens is 2. The molecule has 0 atom stereocenters. The minimum atomic E-state index is -3.84. The Hall–Kier alpha value is -1.41. The lowest BCUT2D eigenvalue weighted by Crippen LogP contribution is -2.29. The summed E-state index contributed by atoms with van der Waals surface area (Å²) in [5.41, 5.74) is 3.96. The fraction of sp³-hybridized carbons (Fsp3) is 0.250. The Morgan fingerprint density at radius 1 is 1.31 bits per heavy atom. The van der Waals surface area contributed by atoms with Crippen molar-refractivity contribution in [1.82, 2.24) is 4.31 Å². The van der Waals surface area contributed by atoms with E-state index in [0.29, 0.717) is 0 Å². The van der Waals surface area contributed by atoms with Crippen LogP contribution in [-0.2, 0) is 10.2 Å². The number of hydrogen-bond acceptors (Lipinski definition) is 3. The van der Waals surface area contributed by atoms with Gasteiger partial charge in [0, 0.05) is 14.1 Å². The van der Waals surface area contributed by atoms with E-state index in [4.69, 9.17) is 5.73 Å². The second-order valence-corrected chi connectivity index (χ2v) is 5.10. The molecule has 0 heterocycles. The lowest BCUT2D eigenvalue weighted by atomic mass is 10.2. The summed E-state index contributed by atoms with van der Waals surface area (Å²) in [7, 11) is -1.30. The van der Waals surface area contributed by atoms with Crippen LogP contribution in [0.25, 0.3) is 0 Å². The quantitative estimate of drug-likeness (QED) is 0.779. The van der Waals surface area contributed by atoms with Gasteiger partial charge in [-0.3, -0.25) is 4.72 Å². The van der Waals surface area contributed by atoms with Crippen LogP contribution in [0.4, 0.5) is 20.2 Å². The van der Waals surface area contributed by atoms with Crippen molar-refractivity contribution < 1.29 is 17.2 Å². The van der Waals surface area contributed by atoms with Gasteiger partial charge in [0.2, 0.25) is 0 Å². The molecule has 90 valence electrons. The molecule has 1 rings (SSSR count). The van der Waals surface area contributed by atoms with E-state index < -0.39 is 33.2 Å². The maximum absolute atomic E-state index is 13.3. The molecule has 0 unspecified atom stereocenters. The zero-order chi connectivity index (χ0) is 12.5. The number of nitrogens with one attached hydrogen (secondary N) is 1. The molecule has 0 amide bonds. The smallest absolute Gasteiger partial charge is 0.301 e. The van der Waals surface area contributed by atoms with E-state index in [0.717, 1.165) is 16.4 Å². The zero-order valence-electron chi connectivity index (χ0n) is 8.66. The molecule has 0 aromatic heterocycles. The number of hydrogen-bond donors (Lipinski definition) is 2. The Bertz CT molecular complexity index is 502. The summed E-state index contributed by atoms with van der Waals surface area (Å²) in [5, 5.41) is 0. The lowest BCUT2D eigenvalue weighted by molar-refractivity contribution is 0.525. The molecule has 1 aromatic carbocycles. The van der Waals surface area contributed by atoms with Gasteiger partial charge >= 0.3 is 10.2 Å². The number of nitrogens with two attached hydrogens (primary N) is 1. The maximum atomic E-state index is 13.3. The topological polar surface area (TPSA) is 75.4 Å². The van der Waals surface area contributed by atoms with E-state index in [1.807, 2.05) is 4.72 Å². The van der Waals surface area contributed by atoms with Crippen LogP contribution < -0.4 is 10.5 Å². The Morgan fingerprint density at radius 3 is 2.38 bits per heavy atom. The van der Waals surface area contributed by atoms with E-state index >= 15 is 0 Å². The second kappa shape index (κ2) is 4.22. The molecule has 8 heteroatoms. The molecule has 0 saturated carbocycles. The van der Waals surface area contributed by atoms with Crippen molar-refractivity contribution in [1.29, 1.82) is 0 Å². The van der Waals surface area contributed by atoms with Crippen molar-refractivity contribution >= 4 is 21.6 Å². The van der Waals surface area contributed by atoms with Gasteiger partial charge in [-0.15, -0.1) is 0 Å². The first-order valence-electron chi connectivity index (χ1n) is 4.19. The van der Waals surface area contributed by atoms with Crippen LogP contribution in [0.3, 0.4) is 0 Å². The van der Waals surface area contributed by atoms with Gasteiger partial charge in [-0.2, -0.15) is 12.7 Å². The molecule has 0 fully saturated rings. The average molecular weight is 251 g/mol. The second-order valence-electron chi connectivity index (χ2n) is 3.21. The monoisotopic (exact) mass is 251 g/mol. The van der Waals surface area contributed by atoms with Crippen LogP contribution in [0, 0.1) is 11.6 Å². The summed E-state index contributed by atoms with van der Waals surface area (Å²) in [6.07, 6.45) is 0. The van der Waals surface area contributed by atoms with Crippen molar-refractivity contribution in [2.75, 3.05) is 24.6 Å². The van der Waals surface area contributed by atoms with Gasteiger partial charge in [-0.25, -0.2) is 8.78 Å². The molecular formula is C8H11F2N3O2S. The first-order chi connectivity index (χ1) is 7.25. The minimum absolute atomic E-state index is 0.396. The predicted molar refractivity (Wildman–Crippen MR) is 57.0 cm³/mol. The summed E-state index contributed by atoms with van der Waals surface area (Å²) in [6.45, 7) is 0. The number of anilines is 2. The van der Waals surface area contributed by atoms with E-state index in [9.17, 15) is 17.2 Å². The summed E-state index contributed by atoms with van der Waals surface area (Å²) in [6, 6.07) is 1.84. The third-order valence-electron chi connectivity index (χ3n) is 1.85. The van der Waals surface area contributed by atoms with Gasteiger partial charge < -0.3 is 5.73 Å². The van der Waals surface area contributed by atoms with Crippen molar-refractivity contribution in [2.45, 2.75) is 0 Å². The number of nitrogen functional groups attached to an aromatic ring is 1. The van der Waals surface area contributed by atoms with E-state index in [1.165, 1.54) is 14.1 Å². The zero-order valence-corrected chi connectivity index (χ0v) is 9.48. The van der Waals surface area contributed by atoms with Crippen LogP contribution in [0.2, 0.25) is 0 Å². The van der Waals surface area contributed by atoms with Crippen molar-refractivity contribution in [3.8, 4) is 0 Å². The Kier molecular flexibility index (Phi) is 3.34. The van der Waals surface area contributed by atoms with Gasteiger partial charge in [0.25, 0.3) is 0 Å². The summed E-state index contributed by atoms with van der Waals surface area (Å²) < 4.78 is 51.7. The van der Waals surface area contributed by atoms with Crippen LogP contribution in [0.15, 0.2) is 12.1 Å². The summed E-state index contributed by atoms with van der Waals surface area (Å²) >= 11 is 0. The van der Waals surface area contributed by atoms with Crippen LogP contribution >= 0.6 is 0 Å². The molecule has 0 bridgehead atoms. The summed E-state index contributed by atoms with van der Waals surface area (Å²) in [4.78, 5) is 0. The fourth-order valence-corrected chi connectivity index (χ4v) is 1.50. The molecule has 5 nitrogen and oxygen atoms in total. The largest absolute Gasteiger partial charge is 0.394 e. The number of nitrogens with zero attached hydrogens (tertiary/aromatic N) is 1. The summed E-state index contributed by atoms with van der Waals surface area (Å²) in [5.74, 6) is -2.07. The lowest BCUT2D eigenvalue weighted by Gasteiger charge is -2.14. The molecular weight excluding hydrogens is 240 g/mol. The molecule has 16 heavy (non-hydrogen) atoms. The van der Waals surface area contributed by atoms with Crippen LogP contribution in [0.1, 0.15) is 0 Å². The number of benzene rings is 1. The highest BCUT2D eigenvalue weighted by Gasteiger charge is 2.18. The first-order valence-corrected chi connectivity index (χ1v) is 5.63. The Morgan fingerprint density at radius 2 is 1.88 bits per heavy atom. The molecule has 1 aromatic rings. The highest BCUT2D eigenvalue weighted by atomic mass is 32.2. The van der Waals surface area contributed by atoms with Crippen molar-refractivity contribution in [3.05, 3.63) is 23.8 Å². The number of rotatable bonds is 3. The third-order valence-corrected chi connectivity index (χ3v) is 3.29. The minimum Gasteiger partial charge on any atom is -0.394 e. The normalized spacial score (nSPS) is 11.8. The van der Waals surface area contributed by atoms with Gasteiger partial charge in [-0.05, 0) is 12.1 Å². The Balaban J connectivity index is 3.14. The molecule has 0 spiro atoms. The first kappa shape index (κ1) is 12.7. The van der Waals surface area contributed by atoms with Gasteiger partial charge in [-0.1, -0.05) is 0 Å². The van der Waals surface area contributed by atoms with E-state index in [1.54, 1.807) is 0 Å². The molecule has 0 aliphatic heterocycles. The van der Waals surface area contributed by atoms with Crippen molar-refractivity contribution in [2.24, 2.45) is 0 Å². The third kappa shape index (κ3) is 2.39. The van der Waals surface area contributed by atoms with Crippen molar-refractivity contribution in [3.63, 3.8) is 0 Å². The maximum Gasteiger partial charge on any atom is 0.301 e. The van der Waals surface area contributed by atoms with E-state index in [-0.39, 0.29) is 0 Å². The van der Waals surface area contributed by atoms with Gasteiger partial charge in [0.15, 0.2) is 5.82 Å². The fourth-order valence-electron chi connectivity index (χ4n) is 0.878. The highest BCUT2D eigenvalue weighted by Crippen LogP contribution is 2.23. The molecule has 0 saturated heterocycles. The standard InChI is InChI=1S/C8H11F2N3O2S/c1-13(2)16(14,15)12-6-4-3-5(9)8(11)7(6)10/h3-4,12H,11H2,1-2H3. The molecule has 3 N–H and O–H groups in total. The van der Waals surface area contributed by atoms with Crippen LogP contribution in [0.5, 0.6) is 0 Å². The predicted octanol–water partition coefficient (Wildman–Crippen LogP) is 0.765. The molecule has 0 aliphatic rings. The average Bonchev–Trinajstić information content (AvgIpc) is 2.19. The van der Waals surface area contributed by atoms with Gasteiger partial charge in [0.05, 0.1) is 5.69 Å². The Labute approximate surface area is 92.0 Å². The molecule has 0 radical (unpaired) electrons. The molecule has 0 aliphatic carbocycles. The van der Waals surface area contributed by atoms with Crippen LogP contribution in [-0.4, -0.2) is 26.8 Å².